The number of H-pyrrole nitrogens is 1. The first-order valence-corrected chi connectivity index (χ1v) is 12.9. The zero-order chi connectivity index (χ0) is 28.9. The summed E-state index contributed by atoms with van der Waals surface area (Å²) in [5, 5.41) is 0. The van der Waals surface area contributed by atoms with Gasteiger partial charge in [-0.15, -0.1) is 0 Å². The minimum Gasteiger partial charge on any atom is -0.478 e. The third kappa shape index (κ3) is 7.45. The van der Waals surface area contributed by atoms with E-state index in [4.69, 9.17) is 15.2 Å². The quantitative estimate of drug-likeness (QED) is 0.363. The maximum absolute atomic E-state index is 13.9. The van der Waals surface area contributed by atoms with E-state index in [1.165, 1.54) is 24.4 Å². The Hall–Kier alpha value is -3.77. The van der Waals surface area contributed by atoms with E-state index < -0.39 is 28.6 Å². The minimum absolute atomic E-state index is 0.106. The molecule has 1 aromatic carbocycles. The number of carbonyl (C=O) groups is 1. The molecule has 0 aliphatic carbocycles. The van der Waals surface area contributed by atoms with Crippen molar-refractivity contribution in [2.45, 2.75) is 32.9 Å². The minimum atomic E-state index is -4.70. The lowest BCUT2D eigenvalue weighted by Gasteiger charge is -2.26. The average molecular weight is 560 g/mol. The van der Waals surface area contributed by atoms with Gasteiger partial charge >= 0.3 is 6.18 Å². The van der Waals surface area contributed by atoms with E-state index in [2.05, 4.69) is 19.9 Å². The fraction of sp³-hybridized carbons (Fsp3) is 0.429. The molecule has 12 heteroatoms. The molecular formula is C28H32F3N5O4. The first kappa shape index (κ1) is 29.2. The Bertz CT molecular complexity index is 1380. The third-order valence-corrected chi connectivity index (χ3v) is 6.70. The molecule has 0 radical (unpaired) electrons. The molecule has 3 N–H and O–H groups in total. The van der Waals surface area contributed by atoms with E-state index in [0.29, 0.717) is 23.6 Å². The first-order chi connectivity index (χ1) is 18.9. The average Bonchev–Trinajstić information content (AvgIpc) is 2.91. The van der Waals surface area contributed by atoms with Crippen LogP contribution in [0.4, 0.5) is 13.2 Å². The van der Waals surface area contributed by atoms with Crippen LogP contribution in [0.15, 0.2) is 47.4 Å². The van der Waals surface area contributed by atoms with Gasteiger partial charge in [-0.3, -0.25) is 14.5 Å². The Morgan fingerprint density at radius 1 is 1.15 bits per heavy atom. The predicted octanol–water partition coefficient (Wildman–Crippen LogP) is 3.67. The fourth-order valence-corrected chi connectivity index (χ4v) is 4.38. The molecule has 214 valence electrons. The van der Waals surface area contributed by atoms with Crippen LogP contribution >= 0.6 is 0 Å². The zero-order valence-corrected chi connectivity index (χ0v) is 22.4. The van der Waals surface area contributed by atoms with Crippen molar-refractivity contribution in [2.24, 2.45) is 11.1 Å². The molecule has 0 atom stereocenters. The van der Waals surface area contributed by atoms with Crippen LogP contribution in [0.1, 0.15) is 31.4 Å². The molecule has 40 heavy (non-hydrogen) atoms. The molecule has 0 bridgehead atoms. The van der Waals surface area contributed by atoms with Gasteiger partial charge < -0.3 is 20.2 Å². The number of primary amides is 1. The molecule has 1 amide bonds. The second kappa shape index (κ2) is 12.2. The number of nitrogens with two attached hydrogens (primary N) is 1. The van der Waals surface area contributed by atoms with Gasteiger partial charge in [-0.05, 0) is 36.6 Å². The zero-order valence-electron chi connectivity index (χ0n) is 22.4. The number of morpholine rings is 1. The second-order valence-electron chi connectivity index (χ2n) is 10.3. The lowest BCUT2D eigenvalue weighted by molar-refractivity contribution is -0.137. The van der Waals surface area contributed by atoms with E-state index in [1.54, 1.807) is 26.0 Å². The van der Waals surface area contributed by atoms with Crippen molar-refractivity contribution < 1.29 is 27.4 Å². The van der Waals surface area contributed by atoms with Gasteiger partial charge in [-0.1, -0.05) is 19.9 Å². The van der Waals surface area contributed by atoms with Crippen molar-refractivity contribution in [1.82, 2.24) is 19.9 Å². The highest BCUT2D eigenvalue weighted by Crippen LogP contribution is 2.37. The number of carbonyl (C=O) groups excluding carboxylic acids is 1. The van der Waals surface area contributed by atoms with Gasteiger partial charge in [-0.25, -0.2) is 9.97 Å². The highest BCUT2D eigenvalue weighted by atomic mass is 19.4. The topological polar surface area (TPSA) is 123 Å². The molecule has 0 unspecified atom stereocenters. The molecule has 3 aromatic rings. The number of pyridine rings is 1. The summed E-state index contributed by atoms with van der Waals surface area (Å²) in [4.78, 5) is 37.6. The smallest absolute Gasteiger partial charge is 0.417 e. The molecule has 3 heterocycles. The van der Waals surface area contributed by atoms with Gasteiger partial charge in [0.2, 0.25) is 11.8 Å². The highest BCUT2D eigenvalue weighted by Gasteiger charge is 2.35. The van der Waals surface area contributed by atoms with Gasteiger partial charge in [0.25, 0.3) is 5.56 Å². The first-order valence-electron chi connectivity index (χ1n) is 12.9. The molecule has 9 nitrogen and oxygen atoms in total. The number of nitrogens with zero attached hydrogens (tertiary/aromatic N) is 3. The summed E-state index contributed by atoms with van der Waals surface area (Å²) >= 11 is 0. The van der Waals surface area contributed by atoms with Crippen molar-refractivity contribution in [1.29, 1.82) is 0 Å². The van der Waals surface area contributed by atoms with Crippen LogP contribution in [-0.4, -0.2) is 65.2 Å². The van der Waals surface area contributed by atoms with E-state index in [1.807, 2.05) is 0 Å². The van der Waals surface area contributed by atoms with Crippen LogP contribution in [0.25, 0.3) is 22.6 Å². The monoisotopic (exact) mass is 559 g/mol. The van der Waals surface area contributed by atoms with Crippen molar-refractivity contribution in [3.63, 3.8) is 0 Å². The van der Waals surface area contributed by atoms with Crippen molar-refractivity contribution in [3.05, 3.63) is 64.1 Å². The second-order valence-corrected chi connectivity index (χ2v) is 10.3. The largest absolute Gasteiger partial charge is 0.478 e. The number of ether oxygens (including phenoxy) is 2. The summed E-state index contributed by atoms with van der Waals surface area (Å²) in [5.41, 5.74) is 3.59. The third-order valence-electron chi connectivity index (χ3n) is 6.70. The molecule has 1 aliphatic heterocycles. The standard InChI is InChI=1S/C28H32F3N5O4/c1-27(2,26(32)38)16-18-4-6-21(28(29,30)31)20(14-18)25-34-22(15-23(37)35-25)19-5-7-24(33-17-19)40-11-3-8-36-9-12-39-13-10-36/h4-7,14-15,17H,3,8-13,16H2,1-2H3,(H2,32,38)(H,34,35,37). The van der Waals surface area contributed by atoms with Crippen LogP contribution in [0.3, 0.4) is 0 Å². The SMILES string of the molecule is CC(C)(Cc1ccc(C(F)(F)F)c(-c2nc(-c3ccc(OCCCN4CCOCC4)nc3)cc(=O)[nH]2)c1)C(N)=O. The fourth-order valence-electron chi connectivity index (χ4n) is 4.38. The molecule has 0 saturated carbocycles. The summed E-state index contributed by atoms with van der Waals surface area (Å²) in [6, 6.07) is 7.95. The Labute approximate surface area is 229 Å². The maximum Gasteiger partial charge on any atom is 0.417 e. The lowest BCUT2D eigenvalue weighted by atomic mass is 9.84. The highest BCUT2D eigenvalue weighted by molar-refractivity contribution is 5.80. The number of rotatable bonds is 10. The van der Waals surface area contributed by atoms with Crippen molar-refractivity contribution in [2.75, 3.05) is 39.5 Å². The Balaban J connectivity index is 1.55. The Morgan fingerprint density at radius 2 is 1.90 bits per heavy atom. The van der Waals surface area contributed by atoms with Crippen molar-refractivity contribution in [3.8, 4) is 28.5 Å². The number of alkyl halides is 3. The van der Waals surface area contributed by atoms with Gasteiger partial charge in [0.05, 0.1) is 31.1 Å². The van der Waals surface area contributed by atoms with Gasteiger partial charge in [0.15, 0.2) is 0 Å². The number of nitrogens with one attached hydrogen (secondary N) is 1. The number of aromatic nitrogens is 3. The van der Waals surface area contributed by atoms with Crippen LogP contribution in [0, 0.1) is 5.41 Å². The van der Waals surface area contributed by atoms with Crippen LogP contribution in [-0.2, 0) is 22.1 Å². The molecular weight excluding hydrogens is 527 g/mol. The lowest BCUT2D eigenvalue weighted by Crippen LogP contribution is -2.37. The summed E-state index contributed by atoms with van der Waals surface area (Å²) in [6.07, 6.45) is -2.32. The number of benzene rings is 1. The molecule has 1 saturated heterocycles. The number of aromatic amines is 1. The van der Waals surface area contributed by atoms with Gasteiger partial charge in [0, 0.05) is 54.5 Å². The molecule has 0 spiro atoms. The number of halogens is 3. The summed E-state index contributed by atoms with van der Waals surface area (Å²) < 4.78 is 52.8. The Kier molecular flexibility index (Phi) is 8.89. The van der Waals surface area contributed by atoms with Crippen LogP contribution in [0.2, 0.25) is 0 Å². The maximum atomic E-state index is 13.9. The van der Waals surface area contributed by atoms with Gasteiger partial charge in [-0.2, -0.15) is 13.2 Å². The molecule has 2 aromatic heterocycles. The molecule has 1 aliphatic rings. The van der Waals surface area contributed by atoms with E-state index in [0.717, 1.165) is 45.3 Å². The number of hydrogen-bond donors (Lipinski definition) is 2. The summed E-state index contributed by atoms with van der Waals surface area (Å²) in [7, 11) is 0. The summed E-state index contributed by atoms with van der Waals surface area (Å²) in [6.45, 7) is 7.85. The van der Waals surface area contributed by atoms with Gasteiger partial charge in [0.1, 0.15) is 5.82 Å². The van der Waals surface area contributed by atoms with E-state index >= 15 is 0 Å². The Morgan fingerprint density at radius 3 is 2.55 bits per heavy atom. The molecule has 1 fully saturated rings. The van der Waals surface area contributed by atoms with Crippen molar-refractivity contribution >= 4 is 5.91 Å². The predicted molar refractivity (Wildman–Crippen MR) is 143 cm³/mol. The van der Waals surface area contributed by atoms with E-state index in [-0.39, 0.29) is 23.5 Å². The van der Waals surface area contributed by atoms with Crippen LogP contribution in [0.5, 0.6) is 5.88 Å². The van der Waals surface area contributed by atoms with E-state index in [9.17, 15) is 22.8 Å². The molecule has 4 rings (SSSR count). The number of amides is 1. The van der Waals surface area contributed by atoms with Crippen LogP contribution < -0.4 is 16.0 Å². The normalized spacial score (nSPS) is 14.7. The summed E-state index contributed by atoms with van der Waals surface area (Å²) in [5.74, 6) is -0.448. The number of hydrogen-bond acceptors (Lipinski definition) is 7.